The van der Waals surface area contributed by atoms with Crippen LogP contribution in [-0.2, 0) is 4.79 Å². The van der Waals surface area contributed by atoms with Crippen molar-refractivity contribution in [3.8, 4) is 5.75 Å². The molecule has 88 valence electrons. The van der Waals surface area contributed by atoms with Crippen LogP contribution in [0, 0.1) is 0 Å². The summed E-state index contributed by atoms with van der Waals surface area (Å²) in [6.07, 6.45) is -1.12. The number of rotatable bonds is 4. The number of hydrogen-bond donors (Lipinski definition) is 1. The Bertz CT molecular complexity index is 388. The van der Waals surface area contributed by atoms with Crippen LogP contribution in [0.25, 0.3) is 0 Å². The van der Waals surface area contributed by atoms with Crippen LogP contribution in [0.1, 0.15) is 37.1 Å². The molecule has 2 unspecified atom stereocenters. The Hall–Kier alpha value is -1.58. The molecule has 1 rings (SSSR count). The fourth-order valence-electron chi connectivity index (χ4n) is 1.47. The molecule has 1 aromatic rings. The number of benzene rings is 1. The summed E-state index contributed by atoms with van der Waals surface area (Å²) < 4.78 is 18.2. The van der Waals surface area contributed by atoms with Gasteiger partial charge in [-0.25, -0.2) is 4.39 Å². The van der Waals surface area contributed by atoms with Crippen LogP contribution in [0.15, 0.2) is 18.2 Å². The first-order chi connectivity index (χ1) is 7.47. The Morgan fingerprint density at radius 3 is 2.50 bits per heavy atom. The third-order valence-corrected chi connectivity index (χ3v) is 2.55. The van der Waals surface area contributed by atoms with Crippen LogP contribution in [0.3, 0.4) is 0 Å². The lowest BCUT2D eigenvalue weighted by Gasteiger charge is -2.14. The van der Waals surface area contributed by atoms with Crippen LogP contribution in [0.4, 0.5) is 4.39 Å². The molecule has 0 bridgehead atoms. The maximum absolute atomic E-state index is 13.1. The highest BCUT2D eigenvalue weighted by Crippen LogP contribution is 2.30. The highest BCUT2D eigenvalue weighted by Gasteiger charge is 2.19. The predicted octanol–water partition coefficient (Wildman–Crippen LogP) is 2.91. The number of carboxylic acids is 1. The Morgan fingerprint density at radius 1 is 1.44 bits per heavy atom. The molecule has 0 fully saturated rings. The first-order valence-corrected chi connectivity index (χ1v) is 5.02. The van der Waals surface area contributed by atoms with E-state index in [9.17, 15) is 9.18 Å². The molecule has 0 radical (unpaired) electrons. The van der Waals surface area contributed by atoms with E-state index in [1.807, 2.05) is 0 Å². The molecule has 0 aliphatic rings. The molecule has 0 amide bonds. The summed E-state index contributed by atoms with van der Waals surface area (Å²) in [5.41, 5.74) is 0.959. The second-order valence-corrected chi connectivity index (χ2v) is 3.68. The predicted molar refractivity (Wildman–Crippen MR) is 58.6 cm³/mol. The van der Waals surface area contributed by atoms with Crippen LogP contribution in [0.2, 0.25) is 0 Å². The molecule has 3 nitrogen and oxygen atoms in total. The van der Waals surface area contributed by atoms with E-state index in [-0.39, 0.29) is 0 Å². The number of aliphatic carboxylic acids is 1. The van der Waals surface area contributed by atoms with Gasteiger partial charge in [-0.2, -0.15) is 0 Å². The van der Waals surface area contributed by atoms with E-state index in [4.69, 9.17) is 9.84 Å². The molecule has 1 N–H and O–H groups in total. The lowest BCUT2D eigenvalue weighted by Crippen LogP contribution is -2.09. The highest BCUT2D eigenvalue weighted by molar-refractivity contribution is 5.76. The Morgan fingerprint density at radius 2 is 2.06 bits per heavy atom. The van der Waals surface area contributed by atoms with Crippen molar-refractivity contribution in [1.82, 2.24) is 0 Å². The average molecular weight is 226 g/mol. The van der Waals surface area contributed by atoms with Crippen molar-refractivity contribution >= 4 is 5.97 Å². The molecule has 2 atom stereocenters. The fourth-order valence-corrected chi connectivity index (χ4v) is 1.47. The van der Waals surface area contributed by atoms with E-state index >= 15 is 0 Å². The van der Waals surface area contributed by atoms with Gasteiger partial charge in [-0.15, -0.1) is 0 Å². The topological polar surface area (TPSA) is 46.5 Å². The van der Waals surface area contributed by atoms with Crippen LogP contribution in [-0.4, -0.2) is 18.2 Å². The van der Waals surface area contributed by atoms with Gasteiger partial charge in [0.25, 0.3) is 0 Å². The molecule has 0 heterocycles. The molecule has 0 saturated heterocycles. The van der Waals surface area contributed by atoms with Crippen LogP contribution in [0.5, 0.6) is 5.75 Å². The minimum Gasteiger partial charge on any atom is -0.496 e. The lowest BCUT2D eigenvalue weighted by molar-refractivity contribution is -0.138. The standard InChI is InChI=1S/C12H15FO3/c1-7(12(14)15)10-6-9(8(2)13)4-5-11(10)16-3/h4-8H,1-3H3,(H,14,15). The van der Waals surface area contributed by atoms with Crippen molar-refractivity contribution in [2.24, 2.45) is 0 Å². The molecular formula is C12H15FO3. The molecule has 0 saturated carbocycles. The smallest absolute Gasteiger partial charge is 0.310 e. The van der Waals surface area contributed by atoms with Gasteiger partial charge in [0.05, 0.1) is 13.0 Å². The fraction of sp³-hybridized carbons (Fsp3) is 0.417. The molecular weight excluding hydrogens is 211 g/mol. The zero-order valence-electron chi connectivity index (χ0n) is 9.53. The van der Waals surface area contributed by atoms with E-state index < -0.39 is 18.1 Å². The maximum Gasteiger partial charge on any atom is 0.310 e. The number of hydrogen-bond acceptors (Lipinski definition) is 2. The maximum atomic E-state index is 13.1. The number of carboxylic acid groups (broad SMARTS) is 1. The minimum absolute atomic E-state index is 0.462. The van der Waals surface area contributed by atoms with Crippen molar-refractivity contribution in [3.05, 3.63) is 29.3 Å². The van der Waals surface area contributed by atoms with Gasteiger partial charge in [0.1, 0.15) is 11.9 Å². The normalized spacial score (nSPS) is 14.2. The molecule has 0 aliphatic carbocycles. The quantitative estimate of drug-likeness (QED) is 0.858. The summed E-state index contributed by atoms with van der Waals surface area (Å²) in [5, 5.41) is 8.94. The van der Waals surface area contributed by atoms with Crippen molar-refractivity contribution in [2.75, 3.05) is 7.11 Å². The first-order valence-electron chi connectivity index (χ1n) is 5.02. The Labute approximate surface area is 93.9 Å². The van der Waals surface area contributed by atoms with Gasteiger partial charge in [0.2, 0.25) is 0 Å². The Kier molecular flexibility index (Phi) is 3.88. The van der Waals surface area contributed by atoms with E-state index in [1.165, 1.54) is 14.0 Å². The number of alkyl halides is 1. The summed E-state index contributed by atoms with van der Waals surface area (Å²) in [7, 11) is 1.46. The lowest BCUT2D eigenvalue weighted by atomic mass is 9.97. The van der Waals surface area contributed by atoms with Gasteiger partial charge < -0.3 is 9.84 Å². The molecule has 0 spiro atoms. The van der Waals surface area contributed by atoms with Gasteiger partial charge in [-0.05, 0) is 31.5 Å². The summed E-state index contributed by atoms with van der Waals surface area (Å²) in [4.78, 5) is 10.9. The van der Waals surface area contributed by atoms with Crippen LogP contribution >= 0.6 is 0 Å². The van der Waals surface area contributed by atoms with Crippen molar-refractivity contribution in [2.45, 2.75) is 25.9 Å². The zero-order chi connectivity index (χ0) is 12.3. The third kappa shape index (κ3) is 2.51. The number of halogens is 1. The number of carbonyl (C=O) groups is 1. The average Bonchev–Trinajstić information content (AvgIpc) is 2.26. The first kappa shape index (κ1) is 12.5. The monoisotopic (exact) mass is 226 g/mol. The van der Waals surface area contributed by atoms with Crippen molar-refractivity contribution in [3.63, 3.8) is 0 Å². The molecule has 1 aromatic carbocycles. The van der Waals surface area contributed by atoms with E-state index in [0.29, 0.717) is 16.9 Å². The van der Waals surface area contributed by atoms with Gasteiger partial charge in [-0.1, -0.05) is 6.07 Å². The second-order valence-electron chi connectivity index (χ2n) is 3.68. The largest absolute Gasteiger partial charge is 0.496 e. The summed E-state index contributed by atoms with van der Waals surface area (Å²) in [5.74, 6) is -1.20. The second kappa shape index (κ2) is 4.96. The third-order valence-electron chi connectivity index (χ3n) is 2.55. The molecule has 0 aromatic heterocycles. The van der Waals surface area contributed by atoms with E-state index in [0.717, 1.165) is 0 Å². The van der Waals surface area contributed by atoms with Gasteiger partial charge in [0.15, 0.2) is 0 Å². The van der Waals surface area contributed by atoms with Gasteiger partial charge >= 0.3 is 5.97 Å². The SMILES string of the molecule is COc1ccc(C(C)F)cc1C(C)C(=O)O. The summed E-state index contributed by atoms with van der Waals surface area (Å²) in [6, 6.07) is 4.74. The highest BCUT2D eigenvalue weighted by atomic mass is 19.1. The van der Waals surface area contributed by atoms with E-state index in [2.05, 4.69) is 0 Å². The summed E-state index contributed by atoms with van der Waals surface area (Å²) >= 11 is 0. The number of ether oxygens (including phenoxy) is 1. The molecule has 4 heteroatoms. The van der Waals surface area contributed by atoms with Crippen molar-refractivity contribution < 1.29 is 19.0 Å². The number of methoxy groups -OCH3 is 1. The van der Waals surface area contributed by atoms with E-state index in [1.54, 1.807) is 25.1 Å². The molecule has 16 heavy (non-hydrogen) atoms. The van der Waals surface area contributed by atoms with Crippen LogP contribution < -0.4 is 4.74 Å². The zero-order valence-corrected chi connectivity index (χ0v) is 9.53. The Balaban J connectivity index is 3.21. The van der Waals surface area contributed by atoms with Gasteiger partial charge in [0, 0.05) is 5.56 Å². The van der Waals surface area contributed by atoms with Gasteiger partial charge in [-0.3, -0.25) is 4.79 Å². The van der Waals surface area contributed by atoms with Crippen molar-refractivity contribution in [1.29, 1.82) is 0 Å². The minimum atomic E-state index is -1.12. The molecule has 0 aliphatic heterocycles. The summed E-state index contributed by atoms with van der Waals surface area (Å²) in [6.45, 7) is 2.96.